The number of carbonyl (C=O) groups excluding carboxylic acids is 1. The molecule has 1 unspecified atom stereocenters. The monoisotopic (exact) mass is 419 g/mol. The molecule has 162 valence electrons. The highest BCUT2D eigenvalue weighted by atomic mass is 16.5. The molecule has 1 amide bonds. The molecule has 2 aromatic carbocycles. The number of amides is 1. The highest BCUT2D eigenvalue weighted by molar-refractivity contribution is 6.56. The first-order chi connectivity index (χ1) is 15.1. The van der Waals surface area contributed by atoms with E-state index in [1.54, 1.807) is 7.11 Å². The quantitative estimate of drug-likeness (QED) is 0.748. The van der Waals surface area contributed by atoms with Crippen molar-refractivity contribution in [2.24, 2.45) is 11.0 Å². The van der Waals surface area contributed by atoms with Gasteiger partial charge in [-0.15, -0.1) is 0 Å². The molecule has 2 N–H and O–H groups in total. The van der Waals surface area contributed by atoms with E-state index >= 15 is 0 Å². The van der Waals surface area contributed by atoms with Crippen LogP contribution in [-0.2, 0) is 11.3 Å². The molecule has 2 atom stereocenters. The number of hydrogen-bond acceptors (Lipinski definition) is 5. The fraction of sp³-hybridized carbons (Fsp3) is 0.360. The molecule has 0 aromatic heterocycles. The Labute approximate surface area is 183 Å². The number of aliphatic hydroxyl groups excluding tert-OH is 1. The van der Waals surface area contributed by atoms with E-state index in [9.17, 15) is 9.90 Å². The molecule has 1 aliphatic carbocycles. The van der Waals surface area contributed by atoms with Crippen molar-refractivity contribution in [2.45, 2.75) is 38.3 Å². The third-order valence-electron chi connectivity index (χ3n) is 6.18. The molecule has 6 nitrogen and oxygen atoms in total. The molecule has 31 heavy (non-hydrogen) atoms. The Morgan fingerprint density at radius 3 is 2.68 bits per heavy atom. The van der Waals surface area contributed by atoms with Crippen LogP contribution in [0.4, 0.5) is 5.69 Å². The van der Waals surface area contributed by atoms with Gasteiger partial charge < -0.3 is 15.2 Å². The van der Waals surface area contributed by atoms with Gasteiger partial charge in [-0.25, -0.2) is 0 Å². The second-order valence-corrected chi connectivity index (χ2v) is 8.16. The predicted octanol–water partition coefficient (Wildman–Crippen LogP) is 3.75. The third-order valence-corrected chi connectivity index (χ3v) is 6.18. The van der Waals surface area contributed by atoms with E-state index < -0.39 is 0 Å². The van der Waals surface area contributed by atoms with Gasteiger partial charge in [-0.2, -0.15) is 5.10 Å². The molecule has 6 heteroatoms. The van der Waals surface area contributed by atoms with Gasteiger partial charge in [-0.05, 0) is 36.6 Å². The van der Waals surface area contributed by atoms with Gasteiger partial charge in [0.05, 0.1) is 19.3 Å². The second kappa shape index (κ2) is 9.35. The summed E-state index contributed by atoms with van der Waals surface area (Å²) in [4.78, 5) is 13.2. The van der Waals surface area contributed by atoms with Crippen molar-refractivity contribution in [2.75, 3.05) is 18.7 Å². The van der Waals surface area contributed by atoms with Crippen LogP contribution in [0.25, 0.3) is 5.57 Å². The molecule has 0 radical (unpaired) electrons. The summed E-state index contributed by atoms with van der Waals surface area (Å²) in [5.74, 6) is 0.660. The summed E-state index contributed by atoms with van der Waals surface area (Å²) >= 11 is 0. The molecule has 0 saturated heterocycles. The number of hydrazone groups is 1. The van der Waals surface area contributed by atoms with Crippen molar-refractivity contribution in [1.82, 2.24) is 5.32 Å². The predicted molar refractivity (Wildman–Crippen MR) is 123 cm³/mol. The Morgan fingerprint density at radius 1 is 1.19 bits per heavy atom. The highest BCUT2D eigenvalue weighted by Crippen LogP contribution is 2.33. The zero-order chi connectivity index (χ0) is 21.8. The maximum absolute atomic E-state index is 13.2. The third kappa shape index (κ3) is 4.49. The average molecular weight is 420 g/mol. The van der Waals surface area contributed by atoms with Gasteiger partial charge in [0.25, 0.3) is 5.91 Å². The first-order valence-corrected chi connectivity index (χ1v) is 10.8. The normalized spacial score (nSPS) is 20.6. The van der Waals surface area contributed by atoms with Crippen molar-refractivity contribution >= 4 is 22.9 Å². The number of rotatable bonds is 6. The minimum atomic E-state index is -0.232. The molecule has 1 aliphatic heterocycles. The maximum atomic E-state index is 13.2. The number of anilines is 1. The minimum absolute atomic E-state index is 0.0334. The number of para-hydroxylation sites is 1. The lowest BCUT2D eigenvalue weighted by molar-refractivity contribution is -0.116. The van der Waals surface area contributed by atoms with E-state index in [0.29, 0.717) is 17.8 Å². The molecule has 1 heterocycles. The van der Waals surface area contributed by atoms with Crippen molar-refractivity contribution in [3.05, 3.63) is 66.2 Å². The van der Waals surface area contributed by atoms with Gasteiger partial charge in [0, 0.05) is 29.7 Å². The Hall–Kier alpha value is -3.12. The smallest absolute Gasteiger partial charge is 0.272 e. The van der Waals surface area contributed by atoms with E-state index in [1.807, 2.05) is 53.5 Å². The number of benzene rings is 2. The number of nitrogens with zero attached hydrogens (tertiary/aromatic N) is 2. The lowest BCUT2D eigenvalue weighted by Crippen LogP contribution is -2.47. The number of fused-ring (bicyclic) bond motifs is 1. The summed E-state index contributed by atoms with van der Waals surface area (Å²) < 4.78 is 5.24. The molecular weight excluding hydrogens is 390 g/mol. The number of hydrogen-bond donors (Lipinski definition) is 2. The molecule has 1 saturated carbocycles. The zero-order valence-electron chi connectivity index (χ0n) is 17.9. The van der Waals surface area contributed by atoms with Gasteiger partial charge in [-0.1, -0.05) is 49.8 Å². The van der Waals surface area contributed by atoms with E-state index in [0.717, 1.165) is 48.2 Å². The fourth-order valence-corrected chi connectivity index (χ4v) is 4.38. The molecule has 0 bridgehead atoms. The lowest BCUT2D eigenvalue weighted by Gasteiger charge is -2.33. The Balaban J connectivity index is 1.60. The van der Waals surface area contributed by atoms with Gasteiger partial charge >= 0.3 is 0 Å². The highest BCUT2D eigenvalue weighted by Gasteiger charge is 2.31. The Morgan fingerprint density at radius 2 is 1.94 bits per heavy atom. The number of carbonyl (C=O) groups is 1. The van der Waals surface area contributed by atoms with Gasteiger partial charge in [-0.3, -0.25) is 9.80 Å². The standard InChI is InChI=1S/C25H29N3O3/c1-17-21-8-4-6-10-23(21)28(15-18-11-13-20(31-2)14-12-18)27-24(17)25(30)26-22-9-5-3-7-19(22)16-29/h4,6,8,10-14,19,22,29H,1,3,5,7,9,15-16H2,2H3,(H,26,30)/t19-,22?/m1/s1. The molecule has 2 aliphatic rings. The van der Waals surface area contributed by atoms with Crippen LogP contribution >= 0.6 is 0 Å². The number of aliphatic hydroxyl groups is 1. The van der Waals surface area contributed by atoms with Crippen LogP contribution in [0.1, 0.15) is 36.8 Å². The average Bonchev–Trinajstić information content (AvgIpc) is 2.81. The largest absolute Gasteiger partial charge is 0.497 e. The first-order valence-electron chi connectivity index (χ1n) is 10.8. The molecule has 1 fully saturated rings. The number of nitrogens with one attached hydrogen (secondary N) is 1. The summed E-state index contributed by atoms with van der Waals surface area (Å²) in [6.07, 6.45) is 3.96. The van der Waals surface area contributed by atoms with E-state index in [1.165, 1.54) is 0 Å². The Bertz CT molecular complexity index is 984. The number of methoxy groups -OCH3 is 1. The molecular formula is C25H29N3O3. The summed E-state index contributed by atoms with van der Waals surface area (Å²) in [5.41, 5.74) is 3.83. The van der Waals surface area contributed by atoms with Gasteiger partial charge in [0.2, 0.25) is 0 Å². The van der Waals surface area contributed by atoms with Crippen molar-refractivity contribution in [3.63, 3.8) is 0 Å². The van der Waals surface area contributed by atoms with Crippen molar-refractivity contribution < 1.29 is 14.6 Å². The molecule has 2 aromatic rings. The second-order valence-electron chi connectivity index (χ2n) is 8.16. The summed E-state index contributed by atoms with van der Waals surface area (Å²) in [7, 11) is 1.64. The number of ether oxygens (including phenoxy) is 1. The minimum Gasteiger partial charge on any atom is -0.497 e. The van der Waals surface area contributed by atoms with Crippen LogP contribution in [-0.4, -0.2) is 36.5 Å². The van der Waals surface area contributed by atoms with Crippen LogP contribution in [0, 0.1) is 5.92 Å². The van der Waals surface area contributed by atoms with E-state index in [4.69, 9.17) is 9.84 Å². The fourth-order valence-electron chi connectivity index (χ4n) is 4.38. The topological polar surface area (TPSA) is 74.2 Å². The maximum Gasteiger partial charge on any atom is 0.272 e. The summed E-state index contributed by atoms with van der Waals surface area (Å²) in [5, 5.41) is 19.4. The van der Waals surface area contributed by atoms with Gasteiger partial charge in [0.1, 0.15) is 5.75 Å². The lowest BCUT2D eigenvalue weighted by atomic mass is 9.85. The van der Waals surface area contributed by atoms with Gasteiger partial charge in [0.15, 0.2) is 5.71 Å². The van der Waals surface area contributed by atoms with Crippen LogP contribution in [0.5, 0.6) is 5.75 Å². The summed E-state index contributed by atoms with van der Waals surface area (Å²) in [6, 6.07) is 15.7. The van der Waals surface area contributed by atoms with Crippen molar-refractivity contribution in [1.29, 1.82) is 0 Å². The van der Waals surface area contributed by atoms with Crippen LogP contribution in [0.3, 0.4) is 0 Å². The van der Waals surface area contributed by atoms with E-state index in [2.05, 4.69) is 11.9 Å². The molecule has 4 rings (SSSR count). The van der Waals surface area contributed by atoms with E-state index in [-0.39, 0.29) is 24.5 Å². The summed E-state index contributed by atoms with van der Waals surface area (Å²) in [6.45, 7) is 4.78. The SMILES string of the molecule is C=C1C(C(=O)NC2CCCC[C@@H]2CO)=NN(Cc2ccc(OC)cc2)c2ccccc21. The van der Waals surface area contributed by atoms with Crippen LogP contribution < -0.4 is 15.1 Å². The first kappa shape index (κ1) is 21.1. The van der Waals surface area contributed by atoms with Crippen LogP contribution in [0.2, 0.25) is 0 Å². The van der Waals surface area contributed by atoms with Crippen molar-refractivity contribution in [3.8, 4) is 5.75 Å². The zero-order valence-corrected chi connectivity index (χ0v) is 17.9. The molecule has 0 spiro atoms. The van der Waals surface area contributed by atoms with Crippen LogP contribution in [0.15, 0.2) is 60.2 Å². The Kier molecular flexibility index (Phi) is 6.37.